The highest BCUT2D eigenvalue weighted by Crippen LogP contribution is 2.38. The maximum absolute atomic E-state index is 14.1. The lowest BCUT2D eigenvalue weighted by atomic mass is 9.93. The van der Waals surface area contributed by atoms with E-state index >= 15 is 0 Å². The molecule has 6 heteroatoms. The Labute approximate surface area is 211 Å². The van der Waals surface area contributed by atoms with Crippen LogP contribution in [0.5, 0.6) is 0 Å². The first kappa shape index (κ1) is 28.4. The van der Waals surface area contributed by atoms with Gasteiger partial charge in [0.15, 0.2) is 0 Å². The van der Waals surface area contributed by atoms with Crippen molar-refractivity contribution in [1.29, 1.82) is 5.26 Å². The summed E-state index contributed by atoms with van der Waals surface area (Å²) in [5.74, 6) is 0.858. The van der Waals surface area contributed by atoms with E-state index in [-0.39, 0.29) is 16.7 Å². The van der Waals surface area contributed by atoms with Gasteiger partial charge in [-0.05, 0) is 66.0 Å². The van der Waals surface area contributed by atoms with Gasteiger partial charge in [0.25, 0.3) is 0 Å². The second-order valence-electron chi connectivity index (χ2n) is 9.60. The summed E-state index contributed by atoms with van der Waals surface area (Å²) in [5.41, 5.74) is 2.78. The van der Waals surface area contributed by atoms with E-state index in [0.717, 1.165) is 24.2 Å². The minimum absolute atomic E-state index is 0.196. The van der Waals surface area contributed by atoms with E-state index in [9.17, 15) is 13.7 Å². The Balaban J connectivity index is 2.60. The molecule has 0 N–H and O–H groups in total. The lowest BCUT2D eigenvalue weighted by molar-refractivity contribution is 0.270. The fourth-order valence-electron chi connectivity index (χ4n) is 3.91. The fraction of sp³-hybridized carbons (Fsp3) is 0.536. The molecular formula is C28H40N2O2S2. The Kier molecular flexibility index (Phi) is 10.7. The number of sulfonamides is 1. The molecule has 186 valence electrons. The molecule has 4 nitrogen and oxygen atoms in total. The van der Waals surface area contributed by atoms with Crippen LogP contribution in [0.1, 0.15) is 71.6 Å². The molecule has 2 aromatic carbocycles. The predicted molar refractivity (Wildman–Crippen MR) is 143 cm³/mol. The lowest BCUT2D eigenvalue weighted by Crippen LogP contribution is -2.39. The molecule has 2 rings (SSSR count). The van der Waals surface area contributed by atoms with Gasteiger partial charge in [0.1, 0.15) is 0 Å². The molecule has 0 saturated heterocycles. The van der Waals surface area contributed by atoms with E-state index in [4.69, 9.17) is 0 Å². The number of hydrogen-bond acceptors (Lipinski definition) is 4. The van der Waals surface area contributed by atoms with Gasteiger partial charge in [-0.1, -0.05) is 78.8 Å². The first-order chi connectivity index (χ1) is 16.1. The number of benzene rings is 2. The highest BCUT2D eigenvalue weighted by molar-refractivity contribution is 8.00. The summed E-state index contributed by atoms with van der Waals surface area (Å²) in [6, 6.07) is 13.6. The van der Waals surface area contributed by atoms with Gasteiger partial charge in [-0.15, -0.1) is 0 Å². The zero-order chi connectivity index (χ0) is 25.5. The van der Waals surface area contributed by atoms with Crippen LogP contribution in [0.4, 0.5) is 0 Å². The van der Waals surface area contributed by atoms with Gasteiger partial charge in [-0.2, -0.15) is 9.57 Å². The van der Waals surface area contributed by atoms with Crippen LogP contribution in [-0.4, -0.2) is 25.8 Å². The van der Waals surface area contributed by atoms with E-state index < -0.39 is 10.0 Å². The SMILES string of the molecule is CCc1ccc(CC)c(Sc2ccc(C#N)cc2S(=O)(=O)N(CC(C)C)CC(C)C(C)CC)c1. The van der Waals surface area contributed by atoms with Crippen molar-refractivity contribution >= 4 is 21.8 Å². The third-order valence-corrected chi connectivity index (χ3v) is 9.68. The maximum Gasteiger partial charge on any atom is 0.244 e. The van der Waals surface area contributed by atoms with Crippen LogP contribution in [0.3, 0.4) is 0 Å². The molecule has 0 aliphatic heterocycles. The van der Waals surface area contributed by atoms with E-state index in [1.165, 1.54) is 22.9 Å². The van der Waals surface area contributed by atoms with E-state index in [1.54, 1.807) is 22.5 Å². The van der Waals surface area contributed by atoms with Gasteiger partial charge < -0.3 is 0 Å². The van der Waals surface area contributed by atoms with Gasteiger partial charge in [-0.3, -0.25) is 0 Å². The van der Waals surface area contributed by atoms with Gasteiger partial charge in [0.05, 0.1) is 16.5 Å². The minimum Gasteiger partial charge on any atom is -0.207 e. The molecule has 2 aromatic rings. The van der Waals surface area contributed by atoms with E-state index in [0.29, 0.717) is 29.5 Å². The Bertz CT molecular complexity index is 1100. The summed E-state index contributed by atoms with van der Waals surface area (Å²) in [6.07, 6.45) is 2.80. The Morgan fingerprint density at radius 1 is 0.912 bits per heavy atom. The summed E-state index contributed by atoms with van der Waals surface area (Å²) in [4.78, 5) is 1.98. The Hall–Kier alpha value is -1.81. The molecule has 0 radical (unpaired) electrons. The largest absolute Gasteiger partial charge is 0.244 e. The van der Waals surface area contributed by atoms with Crippen LogP contribution in [0.15, 0.2) is 51.1 Å². The average Bonchev–Trinajstić information content (AvgIpc) is 2.82. The molecule has 0 spiro atoms. The quantitative estimate of drug-likeness (QED) is 0.310. The van der Waals surface area contributed by atoms with Crippen LogP contribution < -0.4 is 0 Å². The van der Waals surface area contributed by atoms with Crippen molar-refractivity contribution < 1.29 is 8.42 Å². The van der Waals surface area contributed by atoms with Crippen molar-refractivity contribution in [3.63, 3.8) is 0 Å². The smallest absolute Gasteiger partial charge is 0.207 e. The zero-order valence-corrected chi connectivity index (χ0v) is 23.4. The first-order valence-corrected chi connectivity index (χ1v) is 14.7. The summed E-state index contributed by atoms with van der Waals surface area (Å²) < 4.78 is 29.8. The third-order valence-electron chi connectivity index (χ3n) is 6.51. The molecule has 34 heavy (non-hydrogen) atoms. The molecule has 2 unspecified atom stereocenters. The fourth-order valence-corrected chi connectivity index (χ4v) is 7.24. The minimum atomic E-state index is -3.79. The number of rotatable bonds is 12. The van der Waals surface area contributed by atoms with E-state index in [2.05, 4.69) is 58.9 Å². The molecule has 0 saturated carbocycles. The molecule has 0 aliphatic carbocycles. The number of nitrogens with zero attached hydrogens (tertiary/aromatic N) is 2. The third kappa shape index (κ3) is 7.10. The predicted octanol–water partition coefficient (Wildman–Crippen LogP) is 7.16. The highest BCUT2D eigenvalue weighted by Gasteiger charge is 2.30. The highest BCUT2D eigenvalue weighted by atomic mass is 32.2. The van der Waals surface area contributed by atoms with Crippen molar-refractivity contribution in [3.05, 3.63) is 53.1 Å². The summed E-state index contributed by atoms with van der Waals surface area (Å²) >= 11 is 1.49. The van der Waals surface area contributed by atoms with Crippen molar-refractivity contribution in [2.45, 2.75) is 82.4 Å². The molecule has 2 atom stereocenters. The van der Waals surface area contributed by atoms with Crippen LogP contribution in [-0.2, 0) is 22.9 Å². The maximum atomic E-state index is 14.1. The molecule has 0 fully saturated rings. The molecule has 0 aromatic heterocycles. The second-order valence-corrected chi connectivity index (χ2v) is 12.6. The molecule has 0 aliphatic rings. The van der Waals surface area contributed by atoms with Crippen molar-refractivity contribution in [2.75, 3.05) is 13.1 Å². The van der Waals surface area contributed by atoms with Crippen molar-refractivity contribution in [1.82, 2.24) is 4.31 Å². The van der Waals surface area contributed by atoms with Gasteiger partial charge in [0.2, 0.25) is 10.0 Å². The monoisotopic (exact) mass is 500 g/mol. The van der Waals surface area contributed by atoms with Gasteiger partial charge in [0, 0.05) is 22.9 Å². The number of nitriles is 1. The molecule has 0 heterocycles. The Morgan fingerprint density at radius 3 is 2.18 bits per heavy atom. The topological polar surface area (TPSA) is 61.2 Å². The lowest BCUT2D eigenvalue weighted by Gasteiger charge is -2.30. The van der Waals surface area contributed by atoms with Crippen LogP contribution in [0.2, 0.25) is 0 Å². The van der Waals surface area contributed by atoms with Gasteiger partial charge >= 0.3 is 0 Å². The average molecular weight is 501 g/mol. The molecular weight excluding hydrogens is 460 g/mol. The van der Waals surface area contributed by atoms with E-state index in [1.807, 2.05) is 13.8 Å². The van der Waals surface area contributed by atoms with Crippen LogP contribution in [0, 0.1) is 29.1 Å². The normalized spacial score (nSPS) is 13.8. The second kappa shape index (κ2) is 12.8. The van der Waals surface area contributed by atoms with Crippen LogP contribution >= 0.6 is 11.8 Å². The van der Waals surface area contributed by atoms with Crippen molar-refractivity contribution in [2.24, 2.45) is 17.8 Å². The standard InChI is InChI=1S/C28H40N2O2S2/c1-8-21(6)22(7)19-30(18-20(4)5)34(31,32)28-16-24(17-29)12-14-26(28)33-27-15-23(9-2)11-13-25(27)10-3/h11-16,20-22H,8-10,18-19H2,1-7H3. The van der Waals surface area contributed by atoms with Crippen molar-refractivity contribution in [3.8, 4) is 6.07 Å². The molecule has 0 amide bonds. The summed E-state index contributed by atoms with van der Waals surface area (Å²) in [5, 5.41) is 9.53. The number of hydrogen-bond donors (Lipinski definition) is 0. The van der Waals surface area contributed by atoms with Gasteiger partial charge in [-0.25, -0.2) is 8.42 Å². The summed E-state index contributed by atoms with van der Waals surface area (Å²) in [7, 11) is -3.79. The number of aryl methyl sites for hydroxylation is 2. The zero-order valence-electron chi connectivity index (χ0n) is 21.8. The molecule has 0 bridgehead atoms. The first-order valence-electron chi connectivity index (χ1n) is 12.4. The van der Waals surface area contributed by atoms with Crippen LogP contribution in [0.25, 0.3) is 0 Å². The summed E-state index contributed by atoms with van der Waals surface area (Å²) in [6.45, 7) is 15.7. The Morgan fingerprint density at radius 2 is 1.62 bits per heavy atom.